The largest absolute Gasteiger partial charge is 0.389 e. The fourth-order valence-electron chi connectivity index (χ4n) is 0.974. The first-order chi connectivity index (χ1) is 7.29. The number of pyridine rings is 1. The van der Waals surface area contributed by atoms with Crippen LogP contribution in [0.5, 0.6) is 0 Å². The lowest BCUT2D eigenvalue weighted by atomic mass is 10.1. The van der Waals surface area contributed by atoms with Crippen LogP contribution in [0.25, 0.3) is 0 Å². The van der Waals surface area contributed by atoms with Crippen molar-refractivity contribution in [2.24, 2.45) is 0 Å². The van der Waals surface area contributed by atoms with E-state index in [1.807, 2.05) is 0 Å². The Hall–Kier alpha value is -1.20. The van der Waals surface area contributed by atoms with Crippen LogP contribution in [-0.4, -0.2) is 28.1 Å². The standard InChI is InChI=1S/C10H12ClFN2O2/c1-10(2,16)5-14-9(15)7-3-6(12)4-13-8(7)11/h3-4,16H,5H2,1-2H3,(H,14,15). The number of nitrogens with zero attached hydrogens (tertiary/aromatic N) is 1. The number of hydrogen-bond acceptors (Lipinski definition) is 3. The first-order valence-corrected chi connectivity index (χ1v) is 4.99. The highest BCUT2D eigenvalue weighted by Crippen LogP contribution is 2.13. The first-order valence-electron chi connectivity index (χ1n) is 4.61. The molecule has 2 N–H and O–H groups in total. The summed E-state index contributed by atoms with van der Waals surface area (Å²) in [4.78, 5) is 15.1. The second kappa shape index (κ2) is 4.76. The third-order valence-electron chi connectivity index (χ3n) is 1.73. The second-order valence-corrected chi connectivity index (χ2v) is 4.35. The Kier molecular flexibility index (Phi) is 3.83. The predicted octanol–water partition coefficient (Wildman–Crippen LogP) is 1.37. The molecule has 1 aromatic heterocycles. The first kappa shape index (κ1) is 12.9. The topological polar surface area (TPSA) is 62.2 Å². The average molecular weight is 247 g/mol. The van der Waals surface area contributed by atoms with Crippen molar-refractivity contribution < 1.29 is 14.3 Å². The fourth-order valence-corrected chi connectivity index (χ4v) is 1.16. The van der Waals surface area contributed by atoms with Crippen LogP contribution in [0.3, 0.4) is 0 Å². The quantitative estimate of drug-likeness (QED) is 0.792. The van der Waals surface area contributed by atoms with E-state index in [0.717, 1.165) is 12.3 Å². The molecule has 0 aromatic carbocycles. The second-order valence-electron chi connectivity index (χ2n) is 3.99. The van der Waals surface area contributed by atoms with Crippen LogP contribution in [0.1, 0.15) is 24.2 Å². The van der Waals surface area contributed by atoms with Crippen molar-refractivity contribution in [1.82, 2.24) is 10.3 Å². The third-order valence-corrected chi connectivity index (χ3v) is 2.03. The zero-order valence-corrected chi connectivity index (χ0v) is 9.68. The van der Waals surface area contributed by atoms with E-state index in [1.165, 1.54) is 0 Å². The molecule has 1 aromatic rings. The Morgan fingerprint density at radius 3 is 2.88 bits per heavy atom. The lowest BCUT2D eigenvalue weighted by Gasteiger charge is -2.17. The van der Waals surface area contributed by atoms with Crippen molar-refractivity contribution in [3.63, 3.8) is 0 Å². The van der Waals surface area contributed by atoms with E-state index in [9.17, 15) is 14.3 Å². The van der Waals surface area contributed by atoms with Crippen LogP contribution >= 0.6 is 11.6 Å². The van der Waals surface area contributed by atoms with E-state index in [2.05, 4.69) is 10.3 Å². The van der Waals surface area contributed by atoms with Crippen LogP contribution < -0.4 is 5.32 Å². The third kappa shape index (κ3) is 3.75. The van der Waals surface area contributed by atoms with Gasteiger partial charge in [-0.05, 0) is 19.9 Å². The van der Waals surface area contributed by atoms with E-state index in [0.29, 0.717) is 0 Å². The Morgan fingerprint density at radius 1 is 1.69 bits per heavy atom. The Labute approximate surface area is 97.5 Å². The smallest absolute Gasteiger partial charge is 0.254 e. The molecule has 88 valence electrons. The van der Waals surface area contributed by atoms with Gasteiger partial charge in [0.15, 0.2) is 0 Å². The summed E-state index contributed by atoms with van der Waals surface area (Å²) in [7, 11) is 0. The van der Waals surface area contributed by atoms with Gasteiger partial charge in [0.2, 0.25) is 0 Å². The van der Waals surface area contributed by atoms with Gasteiger partial charge < -0.3 is 10.4 Å². The number of rotatable bonds is 3. The lowest BCUT2D eigenvalue weighted by Crippen LogP contribution is -2.38. The van der Waals surface area contributed by atoms with Gasteiger partial charge in [-0.15, -0.1) is 0 Å². The molecule has 0 fully saturated rings. The number of halogens is 2. The maximum atomic E-state index is 12.8. The molecule has 0 aliphatic carbocycles. The molecule has 6 heteroatoms. The highest BCUT2D eigenvalue weighted by atomic mass is 35.5. The monoisotopic (exact) mass is 246 g/mol. The number of nitrogens with one attached hydrogen (secondary N) is 1. The van der Waals surface area contributed by atoms with Gasteiger partial charge in [0.25, 0.3) is 5.91 Å². The SMILES string of the molecule is CC(C)(O)CNC(=O)c1cc(F)cnc1Cl. The average Bonchev–Trinajstić information content (AvgIpc) is 2.17. The molecule has 0 aliphatic heterocycles. The molecule has 0 spiro atoms. The van der Waals surface area contributed by atoms with Crippen LogP contribution in [0.2, 0.25) is 5.15 Å². The highest BCUT2D eigenvalue weighted by Gasteiger charge is 2.17. The minimum Gasteiger partial charge on any atom is -0.389 e. The predicted molar refractivity (Wildman–Crippen MR) is 57.8 cm³/mol. The molecule has 0 saturated carbocycles. The van der Waals surface area contributed by atoms with Crippen molar-refractivity contribution >= 4 is 17.5 Å². The normalized spacial score (nSPS) is 11.3. The zero-order valence-electron chi connectivity index (χ0n) is 8.92. The molecule has 0 bridgehead atoms. The van der Waals surface area contributed by atoms with E-state index < -0.39 is 17.3 Å². The Morgan fingerprint density at radius 2 is 2.31 bits per heavy atom. The molecule has 4 nitrogen and oxygen atoms in total. The Balaban J connectivity index is 2.77. The van der Waals surface area contributed by atoms with Crippen molar-refractivity contribution in [2.75, 3.05) is 6.54 Å². The summed E-state index contributed by atoms with van der Waals surface area (Å²) >= 11 is 5.64. The number of amides is 1. The fraction of sp³-hybridized carbons (Fsp3) is 0.400. The van der Waals surface area contributed by atoms with Gasteiger partial charge in [-0.2, -0.15) is 0 Å². The molecule has 16 heavy (non-hydrogen) atoms. The van der Waals surface area contributed by atoms with Crippen LogP contribution in [0, 0.1) is 5.82 Å². The number of aromatic nitrogens is 1. The van der Waals surface area contributed by atoms with Crippen LogP contribution in [-0.2, 0) is 0 Å². The van der Waals surface area contributed by atoms with Gasteiger partial charge in [0.1, 0.15) is 11.0 Å². The van der Waals surface area contributed by atoms with E-state index in [4.69, 9.17) is 11.6 Å². The zero-order chi connectivity index (χ0) is 12.3. The Bertz CT molecular complexity index is 404. The number of aliphatic hydroxyl groups is 1. The molecular weight excluding hydrogens is 235 g/mol. The summed E-state index contributed by atoms with van der Waals surface area (Å²) in [5.74, 6) is -1.21. The summed E-state index contributed by atoms with van der Waals surface area (Å²) in [6.07, 6.45) is 0.926. The number of carbonyl (C=O) groups is 1. The molecule has 0 aliphatic rings. The molecule has 1 heterocycles. The molecule has 0 atom stereocenters. The van der Waals surface area contributed by atoms with Crippen molar-refractivity contribution in [3.05, 3.63) is 28.8 Å². The number of hydrogen-bond donors (Lipinski definition) is 2. The van der Waals surface area contributed by atoms with Crippen molar-refractivity contribution in [1.29, 1.82) is 0 Å². The van der Waals surface area contributed by atoms with E-state index in [-0.39, 0.29) is 17.3 Å². The molecular formula is C10H12ClFN2O2. The van der Waals surface area contributed by atoms with E-state index in [1.54, 1.807) is 13.8 Å². The summed E-state index contributed by atoms with van der Waals surface area (Å²) in [6.45, 7) is 3.12. The summed E-state index contributed by atoms with van der Waals surface area (Å²) in [5.41, 5.74) is -1.09. The minimum atomic E-state index is -1.04. The summed E-state index contributed by atoms with van der Waals surface area (Å²) < 4.78 is 12.8. The molecule has 0 saturated heterocycles. The van der Waals surface area contributed by atoms with Crippen LogP contribution in [0.4, 0.5) is 4.39 Å². The summed E-state index contributed by atoms with van der Waals surface area (Å²) in [6, 6.07) is 0.995. The maximum absolute atomic E-state index is 12.8. The maximum Gasteiger partial charge on any atom is 0.254 e. The summed E-state index contributed by atoms with van der Waals surface area (Å²) in [5, 5.41) is 11.8. The van der Waals surface area contributed by atoms with Gasteiger partial charge in [-0.25, -0.2) is 9.37 Å². The van der Waals surface area contributed by atoms with Crippen molar-refractivity contribution in [2.45, 2.75) is 19.4 Å². The molecule has 0 unspecified atom stereocenters. The highest BCUT2D eigenvalue weighted by molar-refractivity contribution is 6.32. The van der Waals surface area contributed by atoms with Gasteiger partial charge >= 0.3 is 0 Å². The van der Waals surface area contributed by atoms with Gasteiger partial charge in [0, 0.05) is 6.54 Å². The minimum absolute atomic E-state index is 0.0404. The van der Waals surface area contributed by atoms with Gasteiger partial charge in [0.05, 0.1) is 17.4 Å². The van der Waals surface area contributed by atoms with Crippen LogP contribution in [0.15, 0.2) is 12.3 Å². The number of carbonyl (C=O) groups excluding carboxylic acids is 1. The van der Waals surface area contributed by atoms with Gasteiger partial charge in [-0.3, -0.25) is 4.79 Å². The van der Waals surface area contributed by atoms with Gasteiger partial charge in [-0.1, -0.05) is 11.6 Å². The van der Waals surface area contributed by atoms with Crippen molar-refractivity contribution in [3.8, 4) is 0 Å². The lowest BCUT2D eigenvalue weighted by molar-refractivity contribution is 0.0694. The molecule has 1 amide bonds. The molecule has 1 rings (SSSR count). The van der Waals surface area contributed by atoms with E-state index >= 15 is 0 Å². The molecule has 0 radical (unpaired) electrons.